The van der Waals surface area contributed by atoms with Crippen LogP contribution in [0.4, 0.5) is 0 Å². The van der Waals surface area contributed by atoms with Gasteiger partial charge < -0.3 is 13.9 Å². The molecule has 2 aromatic carbocycles. The Kier molecular flexibility index (Phi) is 2.35. The molecule has 0 aliphatic heterocycles. The minimum Gasteiger partial charge on any atom is -0.507 e. The molecule has 2 aromatic heterocycles. The van der Waals surface area contributed by atoms with Crippen molar-refractivity contribution >= 4 is 22.1 Å². The normalized spacial score (nSPS) is 11.2. The molecule has 21 heavy (non-hydrogen) atoms. The van der Waals surface area contributed by atoms with Crippen LogP contribution in [-0.4, -0.2) is 10.1 Å². The van der Waals surface area contributed by atoms with Gasteiger partial charge in [-0.05, 0) is 30.3 Å². The lowest BCUT2D eigenvalue weighted by Gasteiger charge is -2.03. The van der Waals surface area contributed by atoms with Crippen LogP contribution < -0.4 is 5.63 Å². The lowest BCUT2D eigenvalue weighted by molar-refractivity contribution is 0.471. The number of hydrogen-bond donors (Lipinski definition) is 1. The Morgan fingerprint density at radius 1 is 0.952 bits per heavy atom. The first-order valence-electron chi connectivity index (χ1n) is 6.34. The Morgan fingerprint density at radius 3 is 2.62 bits per heavy atom. The summed E-state index contributed by atoms with van der Waals surface area (Å²) >= 11 is 0. The average Bonchev–Trinajstić information content (AvgIpc) is 2.90. The van der Waals surface area contributed by atoms with Crippen molar-refractivity contribution in [1.82, 2.24) is 4.98 Å². The van der Waals surface area contributed by atoms with E-state index >= 15 is 0 Å². The second-order valence-corrected chi connectivity index (χ2v) is 4.62. The van der Waals surface area contributed by atoms with Crippen molar-refractivity contribution in [2.75, 3.05) is 0 Å². The number of aromatic hydroxyl groups is 1. The minimum atomic E-state index is -0.495. The highest BCUT2D eigenvalue weighted by Crippen LogP contribution is 2.36. The highest BCUT2D eigenvalue weighted by Gasteiger charge is 2.17. The lowest BCUT2D eigenvalue weighted by Crippen LogP contribution is -1.95. The van der Waals surface area contributed by atoms with Gasteiger partial charge in [-0.2, -0.15) is 0 Å². The van der Waals surface area contributed by atoms with Crippen molar-refractivity contribution in [3.8, 4) is 17.2 Å². The number of aromatic nitrogens is 1. The number of phenols is 1. The summed E-state index contributed by atoms with van der Waals surface area (Å²) in [5, 5.41) is 10.8. The number of fused-ring (bicyclic) bond motifs is 2. The number of rotatable bonds is 1. The van der Waals surface area contributed by atoms with E-state index in [1.807, 2.05) is 12.1 Å². The molecule has 0 aliphatic rings. The topological polar surface area (TPSA) is 76.5 Å². The molecule has 0 saturated carbocycles. The molecule has 0 unspecified atom stereocenters. The quantitative estimate of drug-likeness (QED) is 0.541. The summed E-state index contributed by atoms with van der Waals surface area (Å²) in [5.41, 5.74) is 1.31. The summed E-state index contributed by atoms with van der Waals surface area (Å²) in [5.74, 6) is 0.164. The fraction of sp³-hybridized carbons (Fsp3) is 0. The molecule has 0 fully saturated rings. The SMILES string of the molecule is O=c1ccc2ccc(O)c(-c3nc4ccccc4o3)c2o1. The summed E-state index contributed by atoms with van der Waals surface area (Å²) in [7, 11) is 0. The van der Waals surface area contributed by atoms with Gasteiger partial charge in [-0.3, -0.25) is 0 Å². The Morgan fingerprint density at radius 2 is 1.76 bits per heavy atom. The van der Waals surface area contributed by atoms with E-state index in [0.29, 0.717) is 16.5 Å². The number of para-hydroxylation sites is 2. The molecule has 1 N–H and O–H groups in total. The van der Waals surface area contributed by atoms with E-state index in [1.165, 1.54) is 12.1 Å². The second kappa shape index (κ2) is 4.21. The average molecular weight is 279 g/mol. The van der Waals surface area contributed by atoms with Crippen LogP contribution in [0.2, 0.25) is 0 Å². The standard InChI is InChI=1S/C16H9NO4/c18-11-7-5-9-6-8-13(19)21-15(9)14(11)16-17-10-3-1-2-4-12(10)20-16/h1-8,18H. The Balaban J connectivity index is 2.11. The van der Waals surface area contributed by atoms with Gasteiger partial charge in [0.15, 0.2) is 11.2 Å². The predicted molar refractivity (Wildman–Crippen MR) is 77.2 cm³/mol. The fourth-order valence-corrected chi connectivity index (χ4v) is 2.31. The van der Waals surface area contributed by atoms with Crippen LogP contribution in [0, 0.1) is 0 Å². The monoisotopic (exact) mass is 279 g/mol. The molecule has 0 spiro atoms. The van der Waals surface area contributed by atoms with Crippen LogP contribution in [0.25, 0.3) is 33.5 Å². The maximum Gasteiger partial charge on any atom is 0.336 e. The smallest absolute Gasteiger partial charge is 0.336 e. The molecule has 0 bridgehead atoms. The Bertz CT molecular complexity index is 996. The van der Waals surface area contributed by atoms with E-state index in [2.05, 4.69) is 4.98 Å². The third-order valence-corrected chi connectivity index (χ3v) is 3.28. The summed E-state index contributed by atoms with van der Waals surface area (Å²) < 4.78 is 10.9. The van der Waals surface area contributed by atoms with E-state index < -0.39 is 5.63 Å². The second-order valence-electron chi connectivity index (χ2n) is 4.62. The van der Waals surface area contributed by atoms with Gasteiger partial charge in [0.05, 0.1) is 0 Å². The van der Waals surface area contributed by atoms with Crippen LogP contribution in [0.1, 0.15) is 0 Å². The Hall–Kier alpha value is -3.08. The number of nitrogens with zero attached hydrogens (tertiary/aromatic N) is 1. The van der Waals surface area contributed by atoms with Crippen LogP contribution in [0.5, 0.6) is 5.75 Å². The third kappa shape index (κ3) is 1.79. The highest BCUT2D eigenvalue weighted by atomic mass is 16.4. The van der Waals surface area contributed by atoms with Crippen LogP contribution in [0.15, 0.2) is 62.2 Å². The maximum absolute atomic E-state index is 11.5. The fourth-order valence-electron chi connectivity index (χ4n) is 2.31. The lowest BCUT2D eigenvalue weighted by atomic mass is 10.1. The van der Waals surface area contributed by atoms with Gasteiger partial charge in [0.1, 0.15) is 16.8 Å². The van der Waals surface area contributed by atoms with Crippen molar-refractivity contribution < 1.29 is 13.9 Å². The largest absolute Gasteiger partial charge is 0.507 e. The van der Waals surface area contributed by atoms with Gasteiger partial charge >= 0.3 is 5.63 Å². The van der Waals surface area contributed by atoms with E-state index in [9.17, 15) is 9.90 Å². The van der Waals surface area contributed by atoms with Gasteiger partial charge in [-0.15, -0.1) is 0 Å². The summed E-state index contributed by atoms with van der Waals surface area (Å²) in [6.45, 7) is 0. The molecule has 0 amide bonds. The molecular weight excluding hydrogens is 270 g/mol. The molecule has 4 aromatic rings. The molecule has 4 rings (SSSR count). The molecule has 102 valence electrons. The maximum atomic E-state index is 11.5. The van der Waals surface area contributed by atoms with E-state index in [0.717, 1.165) is 0 Å². The van der Waals surface area contributed by atoms with Crippen molar-refractivity contribution in [3.05, 3.63) is 59.0 Å². The van der Waals surface area contributed by atoms with Crippen LogP contribution in [-0.2, 0) is 0 Å². The summed E-state index contributed by atoms with van der Waals surface area (Å²) in [4.78, 5) is 15.8. The van der Waals surface area contributed by atoms with Gasteiger partial charge in [-0.1, -0.05) is 12.1 Å². The molecule has 0 aliphatic carbocycles. The van der Waals surface area contributed by atoms with Crippen molar-refractivity contribution in [2.24, 2.45) is 0 Å². The zero-order valence-corrected chi connectivity index (χ0v) is 10.7. The highest BCUT2D eigenvalue weighted by molar-refractivity contribution is 5.94. The predicted octanol–water partition coefficient (Wildman–Crippen LogP) is 3.31. The minimum absolute atomic E-state index is 0.0524. The molecule has 0 atom stereocenters. The third-order valence-electron chi connectivity index (χ3n) is 3.28. The van der Waals surface area contributed by atoms with Crippen LogP contribution in [0.3, 0.4) is 0 Å². The summed E-state index contributed by atoms with van der Waals surface area (Å²) in [6, 6.07) is 13.4. The zero-order valence-electron chi connectivity index (χ0n) is 10.7. The number of benzene rings is 2. The van der Waals surface area contributed by atoms with Crippen molar-refractivity contribution in [1.29, 1.82) is 0 Å². The molecular formula is C16H9NO4. The number of oxazole rings is 1. The van der Waals surface area contributed by atoms with Crippen LogP contribution >= 0.6 is 0 Å². The number of phenolic OH excluding ortho intramolecular Hbond substituents is 1. The first-order chi connectivity index (χ1) is 10.2. The number of hydrogen-bond acceptors (Lipinski definition) is 5. The van der Waals surface area contributed by atoms with E-state index in [1.54, 1.807) is 24.3 Å². The van der Waals surface area contributed by atoms with E-state index in [4.69, 9.17) is 8.83 Å². The first kappa shape index (κ1) is 11.7. The molecule has 0 radical (unpaired) electrons. The first-order valence-corrected chi connectivity index (χ1v) is 6.34. The molecule has 5 heteroatoms. The Labute approximate surface area is 118 Å². The van der Waals surface area contributed by atoms with Gasteiger partial charge in [0, 0.05) is 11.5 Å². The summed E-state index contributed by atoms with van der Waals surface area (Å²) in [6.07, 6.45) is 0. The molecule has 2 heterocycles. The van der Waals surface area contributed by atoms with Gasteiger partial charge in [0.2, 0.25) is 5.89 Å². The van der Waals surface area contributed by atoms with Gasteiger partial charge in [0.25, 0.3) is 0 Å². The van der Waals surface area contributed by atoms with E-state index in [-0.39, 0.29) is 22.8 Å². The van der Waals surface area contributed by atoms with Crippen molar-refractivity contribution in [3.63, 3.8) is 0 Å². The molecule has 0 saturated heterocycles. The van der Waals surface area contributed by atoms with Gasteiger partial charge in [-0.25, -0.2) is 9.78 Å². The molecule has 5 nitrogen and oxygen atoms in total. The van der Waals surface area contributed by atoms with Crippen molar-refractivity contribution in [2.45, 2.75) is 0 Å². The zero-order chi connectivity index (χ0) is 14.4.